The van der Waals surface area contributed by atoms with Crippen molar-refractivity contribution in [1.29, 1.82) is 0 Å². The van der Waals surface area contributed by atoms with E-state index < -0.39 is 0 Å². The van der Waals surface area contributed by atoms with Crippen LogP contribution in [0.3, 0.4) is 0 Å². The van der Waals surface area contributed by atoms with Gasteiger partial charge in [0.15, 0.2) is 0 Å². The molecule has 0 heterocycles. The van der Waals surface area contributed by atoms with E-state index in [-0.39, 0.29) is 4.75 Å². The fourth-order valence-electron chi connectivity index (χ4n) is 0.224. The lowest BCUT2D eigenvalue weighted by atomic mass is 10.8. The molecule has 0 fully saturated rings. The summed E-state index contributed by atoms with van der Waals surface area (Å²) >= 11 is 5.93. The third-order valence-electron chi connectivity index (χ3n) is 1.30. The number of hydrogen-bond acceptors (Lipinski definition) is 2. The largest absolute Gasteiger partial charge is 0.294 e. The SMILES string of the molecule is CNC([SiH3])(Cl)N(C)C. The molecular formula is C4H13ClN2Si. The highest BCUT2D eigenvalue weighted by Crippen LogP contribution is 2.05. The van der Waals surface area contributed by atoms with Crippen molar-refractivity contribution in [2.24, 2.45) is 0 Å². The Balaban J connectivity index is 3.71. The van der Waals surface area contributed by atoms with E-state index in [9.17, 15) is 0 Å². The molecule has 0 spiro atoms. The maximum absolute atomic E-state index is 5.93. The van der Waals surface area contributed by atoms with Gasteiger partial charge < -0.3 is 0 Å². The molecule has 0 radical (unpaired) electrons. The summed E-state index contributed by atoms with van der Waals surface area (Å²) < 4.78 is -0.264. The highest BCUT2D eigenvalue weighted by atomic mass is 35.5. The Morgan fingerprint density at radius 3 is 2.00 bits per heavy atom. The molecular weight excluding hydrogens is 140 g/mol. The monoisotopic (exact) mass is 152 g/mol. The lowest BCUT2D eigenvalue weighted by Gasteiger charge is -2.29. The zero-order chi connectivity index (χ0) is 6.78. The molecule has 0 saturated carbocycles. The average Bonchev–Trinajstić information content (AvgIpc) is 1.67. The number of nitrogens with zero attached hydrogens (tertiary/aromatic N) is 1. The lowest BCUT2D eigenvalue weighted by Crippen LogP contribution is -2.50. The van der Waals surface area contributed by atoms with Crippen molar-refractivity contribution in [3.05, 3.63) is 0 Å². The molecule has 1 atom stereocenters. The fourth-order valence-corrected chi connectivity index (χ4v) is 0.224. The van der Waals surface area contributed by atoms with Gasteiger partial charge in [0, 0.05) is 0 Å². The predicted molar refractivity (Wildman–Crippen MR) is 41.3 cm³/mol. The summed E-state index contributed by atoms with van der Waals surface area (Å²) in [5, 5.41) is 2.99. The molecule has 0 aliphatic rings. The van der Waals surface area contributed by atoms with E-state index in [1.165, 1.54) is 0 Å². The average molecular weight is 153 g/mol. The molecule has 2 nitrogen and oxygen atoms in total. The van der Waals surface area contributed by atoms with E-state index in [0.29, 0.717) is 0 Å². The van der Waals surface area contributed by atoms with Gasteiger partial charge in [-0.25, -0.2) is 0 Å². The van der Waals surface area contributed by atoms with E-state index in [4.69, 9.17) is 11.6 Å². The molecule has 0 amide bonds. The molecule has 0 aliphatic carbocycles. The summed E-state index contributed by atoms with van der Waals surface area (Å²) in [7, 11) is 6.68. The van der Waals surface area contributed by atoms with Gasteiger partial charge in [-0.2, -0.15) is 0 Å². The van der Waals surface area contributed by atoms with Crippen LogP contribution < -0.4 is 5.32 Å². The van der Waals surface area contributed by atoms with Gasteiger partial charge in [0.2, 0.25) is 0 Å². The zero-order valence-corrected chi connectivity index (χ0v) is 8.58. The first-order chi connectivity index (χ1) is 3.50. The molecule has 50 valence electrons. The van der Waals surface area contributed by atoms with Crippen LogP contribution in [0, 0.1) is 0 Å². The number of nitrogens with one attached hydrogen (secondary N) is 1. The molecule has 4 heteroatoms. The Bertz CT molecular complexity index is 74.4. The minimum Gasteiger partial charge on any atom is -0.294 e. The van der Waals surface area contributed by atoms with Crippen molar-refractivity contribution in [2.75, 3.05) is 21.1 Å². The standard InChI is InChI=1S/C4H13ClN2Si/c1-6-4(5,8)7(2)3/h6H,1-3,8H3. The molecule has 0 aromatic heterocycles. The minimum absolute atomic E-state index is 0.264. The van der Waals surface area contributed by atoms with Crippen LogP contribution in [0.5, 0.6) is 0 Å². The third kappa shape index (κ3) is 2.13. The van der Waals surface area contributed by atoms with Crippen LogP contribution >= 0.6 is 11.6 Å². The molecule has 0 aromatic rings. The Morgan fingerprint density at radius 2 is 2.00 bits per heavy atom. The second-order valence-electron chi connectivity index (χ2n) is 2.10. The van der Waals surface area contributed by atoms with E-state index in [2.05, 4.69) is 5.32 Å². The molecule has 8 heavy (non-hydrogen) atoms. The van der Waals surface area contributed by atoms with Crippen LogP contribution in [0.4, 0.5) is 0 Å². The summed E-state index contributed by atoms with van der Waals surface area (Å²) in [5.41, 5.74) is 0. The van der Waals surface area contributed by atoms with Crippen LogP contribution in [0.25, 0.3) is 0 Å². The summed E-state index contributed by atoms with van der Waals surface area (Å²) in [6, 6.07) is 0. The minimum atomic E-state index is -0.264. The van der Waals surface area contributed by atoms with Crippen molar-refractivity contribution < 1.29 is 0 Å². The van der Waals surface area contributed by atoms with Crippen molar-refractivity contribution in [1.82, 2.24) is 10.2 Å². The highest BCUT2D eigenvalue weighted by Gasteiger charge is 2.18. The first kappa shape index (κ1) is 8.43. The second kappa shape index (κ2) is 2.82. The van der Waals surface area contributed by atoms with Crippen molar-refractivity contribution in [3.8, 4) is 0 Å². The number of rotatable bonds is 2. The van der Waals surface area contributed by atoms with Gasteiger partial charge in [0.1, 0.15) is 4.75 Å². The molecule has 1 N–H and O–H groups in total. The van der Waals surface area contributed by atoms with E-state index in [1.807, 2.05) is 26.0 Å². The first-order valence-corrected chi connectivity index (χ1v) is 3.93. The van der Waals surface area contributed by atoms with Crippen LogP contribution in [0.2, 0.25) is 0 Å². The lowest BCUT2D eigenvalue weighted by molar-refractivity contribution is 0.302. The summed E-state index contributed by atoms with van der Waals surface area (Å²) in [5.74, 6) is 0. The zero-order valence-electron chi connectivity index (χ0n) is 5.83. The third-order valence-corrected chi connectivity index (χ3v) is 3.22. The van der Waals surface area contributed by atoms with Crippen LogP contribution in [0.15, 0.2) is 0 Å². The fraction of sp³-hybridized carbons (Fsp3) is 1.00. The maximum Gasteiger partial charge on any atom is 0.122 e. The van der Waals surface area contributed by atoms with E-state index in [1.54, 1.807) is 0 Å². The van der Waals surface area contributed by atoms with Gasteiger partial charge in [-0.15, -0.1) is 0 Å². The molecule has 0 rings (SSSR count). The number of hydrogen-bond donors (Lipinski definition) is 1. The molecule has 0 saturated heterocycles. The number of halogens is 1. The molecule has 0 aliphatic heterocycles. The summed E-state index contributed by atoms with van der Waals surface area (Å²) in [6.45, 7) is 0. The van der Waals surface area contributed by atoms with Crippen molar-refractivity contribution >= 4 is 21.8 Å². The highest BCUT2D eigenvalue weighted by molar-refractivity contribution is 6.43. The van der Waals surface area contributed by atoms with E-state index >= 15 is 0 Å². The van der Waals surface area contributed by atoms with Gasteiger partial charge in [-0.1, -0.05) is 11.6 Å². The molecule has 0 aromatic carbocycles. The van der Waals surface area contributed by atoms with Crippen LogP contribution in [-0.4, -0.2) is 41.0 Å². The van der Waals surface area contributed by atoms with Crippen molar-refractivity contribution in [3.63, 3.8) is 0 Å². The van der Waals surface area contributed by atoms with Gasteiger partial charge in [0.05, 0.1) is 10.2 Å². The van der Waals surface area contributed by atoms with Gasteiger partial charge in [-0.3, -0.25) is 10.2 Å². The van der Waals surface area contributed by atoms with E-state index in [0.717, 1.165) is 10.2 Å². The van der Waals surface area contributed by atoms with Crippen molar-refractivity contribution in [2.45, 2.75) is 4.75 Å². The first-order valence-electron chi connectivity index (χ1n) is 2.56. The van der Waals surface area contributed by atoms with Crippen LogP contribution in [0.1, 0.15) is 0 Å². The smallest absolute Gasteiger partial charge is 0.122 e. The Kier molecular flexibility index (Phi) is 2.97. The Morgan fingerprint density at radius 1 is 1.62 bits per heavy atom. The van der Waals surface area contributed by atoms with Gasteiger partial charge in [0.25, 0.3) is 0 Å². The summed E-state index contributed by atoms with van der Waals surface area (Å²) in [4.78, 5) is 1.96. The van der Waals surface area contributed by atoms with Crippen LogP contribution in [-0.2, 0) is 0 Å². The Hall–Kier alpha value is 0.427. The molecule has 0 bridgehead atoms. The number of alkyl halides is 1. The van der Waals surface area contributed by atoms with Gasteiger partial charge >= 0.3 is 0 Å². The predicted octanol–water partition coefficient (Wildman–Crippen LogP) is -1.02. The topological polar surface area (TPSA) is 15.3 Å². The summed E-state index contributed by atoms with van der Waals surface area (Å²) in [6.07, 6.45) is 0. The quantitative estimate of drug-likeness (QED) is 0.236. The second-order valence-corrected chi connectivity index (χ2v) is 4.91. The molecule has 1 unspecified atom stereocenters. The normalized spacial score (nSPS) is 19.1. The Labute approximate surface area is 58.6 Å². The van der Waals surface area contributed by atoms with Gasteiger partial charge in [-0.05, 0) is 21.1 Å². The maximum atomic E-state index is 5.93.